The number of fused-ring (bicyclic) bond motifs is 12. The SMILES string of the molecule is C.C.C.C.CC(C)C[C@@H]1CN2CCc3cc(OCCCF)c(CO)cc3[C@H]2C[C@H]1O.CC(C)C[C@@H]1CN2CCc3cc(OCCF)c(CO)cc3[C@H]2C[C@H]1O.Cc1cc2c(cc1CO)[C@H]1C[C@@H](O)[C@H](CC(C)C)CN1CC2.[2H]C([2H])(F)C([2H])([2H])Oc1cc2c(cc1CO)[C@H]1C[C@@H](O)[C@H](CC(C)C)CN1CC2. The molecule has 0 saturated carbocycles. The fourth-order valence-corrected chi connectivity index (χ4v) is 17.5. The normalized spacial score (nSPS) is 26.5. The van der Waals surface area contributed by atoms with E-state index in [-0.39, 0.29) is 110 Å². The van der Waals surface area contributed by atoms with Crippen molar-refractivity contribution in [3.05, 3.63) is 121 Å². The number of nitrogens with zero attached hydrogens (tertiary/aromatic N) is 4. The molecule has 8 heterocycles. The standard InChI is InChI=1S/C21H32FNO3.2C20H30FNO3.C19H29NO2.4CH4/c1-14(2)8-16-12-23-6-4-15-10-21(26-7-3-5-22)17(13-24)9-18(15)19(23)11-20(16)25;2*1-13(2)7-15-11-22-5-3-14-9-20(25-6-4-21)16(12-23)8-17(14)18(22)10-19(15)24;1-12(2)6-15-10-20-5-4-14-7-13(3)16(11-21)8-17(14)18(20)9-19(15)22;;;;/h9-10,14,16,19-20,24-25H,3-8,11-13H2,1-2H3;2*8-9,13,15,18-19,23-24H,3-7,10-12H2,1-2H3;7-8,12,15,18-19,21-22H,4-6,9-11H2,1-3H3;4*1H4/t16-,19-,20-;3*15-,18-,19-;;;;/m1111..../s1/i;4D2,6D2;;;;;;. The number of ether oxygens (including phenoxy) is 3. The van der Waals surface area contributed by atoms with E-state index in [4.69, 9.17) is 19.7 Å². The monoisotopic (exact) mass is 1440 g/mol. The summed E-state index contributed by atoms with van der Waals surface area (Å²) < 4.78 is 83.6. The maximum Gasteiger partial charge on any atom is 0.125 e. The fourth-order valence-electron chi connectivity index (χ4n) is 17.5. The van der Waals surface area contributed by atoms with Gasteiger partial charge in [0.1, 0.15) is 43.7 Å². The van der Waals surface area contributed by atoms with E-state index in [2.05, 4.69) is 94.0 Å². The molecule has 0 unspecified atom stereocenters. The van der Waals surface area contributed by atoms with Gasteiger partial charge in [0, 0.05) is 99.6 Å². The average Bonchev–Trinajstić information content (AvgIpc) is 0.784. The predicted molar refractivity (Wildman–Crippen MR) is 406 cm³/mol. The molecule has 0 bridgehead atoms. The molecule has 4 saturated heterocycles. The number of rotatable bonds is 22. The Labute approximate surface area is 618 Å². The molecule has 580 valence electrons. The number of alkyl halides is 3. The van der Waals surface area contributed by atoms with Crippen molar-refractivity contribution < 1.29 is 73.7 Å². The van der Waals surface area contributed by atoms with Crippen molar-refractivity contribution in [1.82, 2.24) is 19.6 Å². The largest absolute Gasteiger partial charge is 0.493 e. The third-order valence-corrected chi connectivity index (χ3v) is 22.2. The van der Waals surface area contributed by atoms with Crippen LogP contribution < -0.4 is 14.2 Å². The summed E-state index contributed by atoms with van der Waals surface area (Å²) in [5.41, 5.74) is 13.4. The Balaban J connectivity index is 0.000000251. The molecule has 0 aliphatic carbocycles. The van der Waals surface area contributed by atoms with Gasteiger partial charge in [0.2, 0.25) is 0 Å². The van der Waals surface area contributed by atoms with Gasteiger partial charge in [0.15, 0.2) is 0 Å². The lowest BCUT2D eigenvalue weighted by atomic mass is 9.78. The van der Waals surface area contributed by atoms with Gasteiger partial charge in [-0.05, 0) is 223 Å². The minimum absolute atomic E-state index is 0. The minimum atomic E-state index is -3.69. The zero-order valence-corrected chi connectivity index (χ0v) is 60.1. The Hall–Kier alpha value is -4.41. The first-order valence-corrected chi connectivity index (χ1v) is 36.9. The first-order chi connectivity index (χ1) is 48.5. The molecule has 8 aliphatic heterocycles. The summed E-state index contributed by atoms with van der Waals surface area (Å²) in [6.07, 6.45) is 9.91. The molecule has 0 aromatic heterocycles. The van der Waals surface area contributed by atoms with E-state index in [0.29, 0.717) is 90.4 Å². The maximum atomic E-state index is 13.6. The molecule has 102 heavy (non-hydrogen) atoms. The lowest BCUT2D eigenvalue weighted by Crippen LogP contribution is -2.48. The van der Waals surface area contributed by atoms with Crippen LogP contribution in [0.25, 0.3) is 0 Å². The van der Waals surface area contributed by atoms with Gasteiger partial charge in [-0.25, -0.2) is 8.78 Å². The molecule has 4 aromatic carbocycles. The van der Waals surface area contributed by atoms with Crippen molar-refractivity contribution >= 4 is 0 Å². The van der Waals surface area contributed by atoms with E-state index >= 15 is 0 Å². The number of benzene rings is 4. The van der Waals surface area contributed by atoms with Crippen LogP contribution in [0.4, 0.5) is 13.2 Å². The molecule has 12 atom stereocenters. The second kappa shape index (κ2) is 41.6. The summed E-state index contributed by atoms with van der Waals surface area (Å²) in [6, 6.07) is 16.5. The van der Waals surface area contributed by atoms with Gasteiger partial charge in [-0.2, -0.15) is 0 Å². The third-order valence-electron chi connectivity index (χ3n) is 22.2. The maximum absolute atomic E-state index is 13.6. The summed E-state index contributed by atoms with van der Waals surface area (Å²) in [4.78, 5) is 9.88. The van der Waals surface area contributed by atoms with E-state index in [1.54, 1.807) is 12.1 Å². The van der Waals surface area contributed by atoms with Crippen molar-refractivity contribution in [2.24, 2.45) is 47.3 Å². The Morgan fingerprint density at radius 2 is 0.696 bits per heavy atom. The van der Waals surface area contributed by atoms with Crippen LogP contribution in [0.5, 0.6) is 17.2 Å². The summed E-state index contributed by atoms with van der Waals surface area (Å²) in [5, 5.41) is 81.3. The van der Waals surface area contributed by atoms with Crippen LogP contribution in [0.3, 0.4) is 0 Å². The van der Waals surface area contributed by atoms with Crippen molar-refractivity contribution in [3.63, 3.8) is 0 Å². The van der Waals surface area contributed by atoms with Gasteiger partial charge < -0.3 is 55.1 Å². The third kappa shape index (κ3) is 22.1. The van der Waals surface area contributed by atoms with Crippen LogP contribution in [0.2, 0.25) is 0 Å². The molecule has 15 nitrogen and oxygen atoms in total. The highest BCUT2D eigenvalue weighted by atomic mass is 19.1. The fraction of sp³-hybridized carbons (Fsp3) is 0.714. The Morgan fingerprint density at radius 1 is 0.412 bits per heavy atom. The molecular formula is C84H137F3N4O11. The Kier molecular flexibility index (Phi) is 33.3. The molecule has 4 aromatic rings. The zero-order valence-electron chi connectivity index (χ0n) is 64.1. The van der Waals surface area contributed by atoms with E-state index < -0.39 is 39.2 Å². The van der Waals surface area contributed by atoms with Crippen LogP contribution in [-0.4, -0.2) is 177 Å². The summed E-state index contributed by atoms with van der Waals surface area (Å²) in [7, 11) is 0. The molecule has 18 heteroatoms. The lowest BCUT2D eigenvalue weighted by Gasteiger charge is -2.46. The number of aryl methyl sites for hydroxylation is 1. The van der Waals surface area contributed by atoms with Gasteiger partial charge in [-0.3, -0.25) is 24.0 Å². The van der Waals surface area contributed by atoms with Crippen LogP contribution in [-0.2, 0) is 52.1 Å². The van der Waals surface area contributed by atoms with Crippen molar-refractivity contribution in [3.8, 4) is 17.2 Å². The van der Waals surface area contributed by atoms with Crippen molar-refractivity contribution in [1.29, 1.82) is 0 Å². The van der Waals surface area contributed by atoms with E-state index in [0.717, 1.165) is 139 Å². The molecule has 0 spiro atoms. The average molecular weight is 1440 g/mol. The smallest absolute Gasteiger partial charge is 0.125 e. The van der Waals surface area contributed by atoms with Crippen LogP contribution >= 0.6 is 0 Å². The lowest BCUT2D eigenvalue weighted by molar-refractivity contribution is -0.0192. The van der Waals surface area contributed by atoms with Crippen LogP contribution in [0.15, 0.2) is 48.5 Å². The molecular weight excluding hydrogens is 1300 g/mol. The van der Waals surface area contributed by atoms with Crippen molar-refractivity contribution in [2.75, 3.05) is 92.1 Å². The second-order valence-corrected chi connectivity index (χ2v) is 31.1. The number of hydrogen-bond donors (Lipinski definition) is 8. The summed E-state index contributed by atoms with van der Waals surface area (Å²) in [6.45, 7) is 19.2. The number of piperidine rings is 4. The van der Waals surface area contributed by atoms with Gasteiger partial charge in [-0.15, -0.1) is 0 Å². The number of hydrogen-bond acceptors (Lipinski definition) is 15. The molecule has 8 N–H and O–H groups in total. The molecule has 12 rings (SSSR count). The van der Waals surface area contributed by atoms with Gasteiger partial charge in [0.25, 0.3) is 0 Å². The topological polar surface area (TPSA) is 202 Å². The van der Waals surface area contributed by atoms with Crippen LogP contribution in [0, 0.1) is 54.3 Å². The molecule has 8 aliphatic rings. The molecule has 0 radical (unpaired) electrons. The van der Waals surface area contributed by atoms with Gasteiger partial charge >= 0.3 is 0 Å². The first-order valence-electron chi connectivity index (χ1n) is 38.9. The Bertz CT molecular complexity index is 3350. The molecule has 4 fully saturated rings. The predicted octanol–water partition coefficient (Wildman–Crippen LogP) is 14.3. The second-order valence-electron chi connectivity index (χ2n) is 31.1. The number of aliphatic hydroxyl groups is 8. The van der Waals surface area contributed by atoms with Gasteiger partial charge in [0.05, 0.1) is 69.6 Å². The number of halogens is 3. The summed E-state index contributed by atoms with van der Waals surface area (Å²) in [5.74, 6) is 4.83. The van der Waals surface area contributed by atoms with E-state index in [1.807, 2.05) is 24.3 Å². The minimum Gasteiger partial charge on any atom is -0.493 e. The Morgan fingerprint density at radius 3 is 0.971 bits per heavy atom. The zero-order chi connectivity index (χ0) is 74.1. The van der Waals surface area contributed by atoms with E-state index in [9.17, 15) is 54.0 Å². The van der Waals surface area contributed by atoms with Crippen LogP contribution in [0.1, 0.15) is 245 Å². The quantitative estimate of drug-likeness (QED) is 0.0345. The molecule has 0 amide bonds. The summed E-state index contributed by atoms with van der Waals surface area (Å²) >= 11 is 0. The highest BCUT2D eigenvalue weighted by molar-refractivity contribution is 5.48. The van der Waals surface area contributed by atoms with Gasteiger partial charge in [-0.1, -0.05) is 97.2 Å². The highest BCUT2D eigenvalue weighted by Gasteiger charge is 2.43. The highest BCUT2D eigenvalue weighted by Crippen LogP contribution is 2.47. The number of aliphatic hydroxyl groups excluding tert-OH is 8. The first kappa shape index (κ1) is 81.7. The van der Waals surface area contributed by atoms with Crippen molar-refractivity contribution in [2.45, 2.75) is 251 Å². The van der Waals surface area contributed by atoms with E-state index in [1.165, 1.54) is 38.9 Å².